The summed E-state index contributed by atoms with van der Waals surface area (Å²) in [7, 11) is 0. The van der Waals surface area contributed by atoms with Crippen molar-refractivity contribution in [2.24, 2.45) is 11.0 Å². The molecule has 0 aromatic heterocycles. The summed E-state index contributed by atoms with van der Waals surface area (Å²) in [6.07, 6.45) is 5.50. The molecular formula is C16H20N2O. The van der Waals surface area contributed by atoms with Crippen molar-refractivity contribution in [2.75, 3.05) is 5.01 Å². The Morgan fingerprint density at radius 3 is 2.84 bits per heavy atom. The number of hydrogen-bond donors (Lipinski definition) is 0. The fourth-order valence-corrected chi connectivity index (χ4v) is 3.10. The molecule has 1 amide bonds. The van der Waals surface area contributed by atoms with Crippen LogP contribution in [0.4, 0.5) is 5.69 Å². The SMILES string of the molecule is Cc1ccc(N2N=C3CCCCC[C@H]3C2=O)c(C)c1. The molecule has 3 nitrogen and oxygen atoms in total. The van der Waals surface area contributed by atoms with Crippen LogP contribution in [0.3, 0.4) is 0 Å². The van der Waals surface area contributed by atoms with Crippen molar-refractivity contribution in [2.45, 2.75) is 46.0 Å². The van der Waals surface area contributed by atoms with Gasteiger partial charge in [0, 0.05) is 0 Å². The molecule has 0 unspecified atom stereocenters. The van der Waals surface area contributed by atoms with Gasteiger partial charge in [0.15, 0.2) is 0 Å². The summed E-state index contributed by atoms with van der Waals surface area (Å²) >= 11 is 0. The number of hydrazone groups is 1. The Hall–Kier alpha value is -1.64. The van der Waals surface area contributed by atoms with Gasteiger partial charge in [-0.1, -0.05) is 30.5 Å². The molecule has 1 aromatic carbocycles. The van der Waals surface area contributed by atoms with Crippen LogP contribution in [0.5, 0.6) is 0 Å². The topological polar surface area (TPSA) is 32.7 Å². The third-order valence-corrected chi connectivity index (χ3v) is 4.14. The van der Waals surface area contributed by atoms with E-state index in [1.165, 1.54) is 18.4 Å². The van der Waals surface area contributed by atoms with Crippen molar-refractivity contribution in [3.63, 3.8) is 0 Å². The largest absolute Gasteiger partial charge is 0.272 e. The number of anilines is 1. The lowest BCUT2D eigenvalue weighted by Gasteiger charge is -2.16. The smallest absolute Gasteiger partial charge is 0.256 e. The van der Waals surface area contributed by atoms with Gasteiger partial charge in [0.1, 0.15) is 0 Å². The molecule has 1 heterocycles. The van der Waals surface area contributed by atoms with E-state index in [1.807, 2.05) is 19.1 Å². The third-order valence-electron chi connectivity index (χ3n) is 4.14. The number of carbonyl (C=O) groups excluding carboxylic acids is 1. The number of hydrogen-bond acceptors (Lipinski definition) is 2. The summed E-state index contributed by atoms with van der Waals surface area (Å²) < 4.78 is 0. The van der Waals surface area contributed by atoms with E-state index in [0.717, 1.165) is 36.2 Å². The van der Waals surface area contributed by atoms with Crippen LogP contribution in [0, 0.1) is 19.8 Å². The van der Waals surface area contributed by atoms with Crippen LogP contribution >= 0.6 is 0 Å². The molecule has 0 radical (unpaired) electrons. The van der Waals surface area contributed by atoms with Crippen LogP contribution in [0.1, 0.15) is 43.2 Å². The number of fused-ring (bicyclic) bond motifs is 1. The predicted octanol–water partition coefficient (Wildman–Crippen LogP) is 3.59. The Labute approximate surface area is 114 Å². The van der Waals surface area contributed by atoms with E-state index in [2.05, 4.69) is 18.1 Å². The highest BCUT2D eigenvalue weighted by Crippen LogP contribution is 2.32. The van der Waals surface area contributed by atoms with Crippen molar-refractivity contribution in [1.29, 1.82) is 0 Å². The van der Waals surface area contributed by atoms with E-state index in [1.54, 1.807) is 5.01 Å². The molecule has 1 fully saturated rings. The van der Waals surface area contributed by atoms with Gasteiger partial charge in [-0.15, -0.1) is 0 Å². The summed E-state index contributed by atoms with van der Waals surface area (Å²) in [4.78, 5) is 12.5. The molecule has 1 saturated carbocycles. The van der Waals surface area contributed by atoms with Crippen molar-refractivity contribution >= 4 is 17.3 Å². The molecule has 3 heteroatoms. The average Bonchev–Trinajstić information content (AvgIpc) is 2.57. The second-order valence-electron chi connectivity index (χ2n) is 5.68. The first-order valence-electron chi connectivity index (χ1n) is 7.15. The van der Waals surface area contributed by atoms with E-state index < -0.39 is 0 Å². The van der Waals surface area contributed by atoms with Gasteiger partial charge in [-0.25, -0.2) is 0 Å². The first-order chi connectivity index (χ1) is 9.16. The lowest BCUT2D eigenvalue weighted by Crippen LogP contribution is -2.27. The Kier molecular flexibility index (Phi) is 3.13. The van der Waals surface area contributed by atoms with Crippen molar-refractivity contribution in [1.82, 2.24) is 0 Å². The molecule has 1 aliphatic carbocycles. The standard InChI is InChI=1S/C16H20N2O/c1-11-8-9-15(12(2)10-11)18-16(19)13-6-4-3-5-7-14(13)17-18/h8-10,13H,3-7H2,1-2H3/t13-/m1/s1. The lowest BCUT2D eigenvalue weighted by atomic mass is 9.98. The van der Waals surface area contributed by atoms with Gasteiger partial charge in [0.2, 0.25) is 0 Å². The van der Waals surface area contributed by atoms with E-state index in [-0.39, 0.29) is 11.8 Å². The van der Waals surface area contributed by atoms with Gasteiger partial charge in [0.05, 0.1) is 17.3 Å². The third kappa shape index (κ3) is 2.18. The molecular weight excluding hydrogens is 236 g/mol. The molecule has 0 spiro atoms. The molecule has 0 saturated heterocycles. The highest BCUT2D eigenvalue weighted by Gasteiger charge is 2.37. The van der Waals surface area contributed by atoms with Crippen molar-refractivity contribution in [3.8, 4) is 0 Å². The van der Waals surface area contributed by atoms with Crippen LogP contribution in [0.25, 0.3) is 0 Å². The van der Waals surface area contributed by atoms with Gasteiger partial charge in [-0.05, 0) is 44.7 Å². The van der Waals surface area contributed by atoms with E-state index >= 15 is 0 Å². The summed E-state index contributed by atoms with van der Waals surface area (Å²) in [6, 6.07) is 6.17. The zero-order valence-corrected chi connectivity index (χ0v) is 11.6. The number of benzene rings is 1. The maximum absolute atomic E-state index is 12.5. The maximum Gasteiger partial charge on any atom is 0.256 e. The minimum atomic E-state index is 0.0446. The Balaban J connectivity index is 1.95. The van der Waals surface area contributed by atoms with E-state index in [0.29, 0.717) is 0 Å². The fourth-order valence-electron chi connectivity index (χ4n) is 3.10. The number of rotatable bonds is 1. The number of nitrogens with zero attached hydrogens (tertiary/aromatic N) is 2. The molecule has 1 aromatic rings. The van der Waals surface area contributed by atoms with Gasteiger partial charge in [0.25, 0.3) is 5.91 Å². The van der Waals surface area contributed by atoms with E-state index in [9.17, 15) is 4.79 Å². The van der Waals surface area contributed by atoms with Gasteiger partial charge in [-0.2, -0.15) is 10.1 Å². The second kappa shape index (κ2) is 4.80. The maximum atomic E-state index is 12.5. The Morgan fingerprint density at radius 2 is 2.05 bits per heavy atom. The molecule has 2 aliphatic rings. The second-order valence-corrected chi connectivity index (χ2v) is 5.68. The first-order valence-corrected chi connectivity index (χ1v) is 7.15. The molecule has 1 atom stereocenters. The zero-order chi connectivity index (χ0) is 13.4. The molecule has 1 aliphatic heterocycles. The molecule has 0 bridgehead atoms. The summed E-state index contributed by atoms with van der Waals surface area (Å²) in [5, 5.41) is 6.25. The molecule has 3 rings (SSSR count). The molecule has 100 valence electrons. The number of carbonyl (C=O) groups is 1. The summed E-state index contributed by atoms with van der Waals surface area (Å²) in [5.41, 5.74) is 4.38. The summed E-state index contributed by atoms with van der Waals surface area (Å²) in [6.45, 7) is 4.11. The quantitative estimate of drug-likeness (QED) is 0.755. The normalized spacial score (nSPS) is 23.1. The Bertz CT molecular complexity index is 548. The van der Waals surface area contributed by atoms with Crippen LogP contribution in [-0.4, -0.2) is 11.6 Å². The van der Waals surface area contributed by atoms with Crippen molar-refractivity contribution < 1.29 is 4.79 Å². The fraction of sp³-hybridized carbons (Fsp3) is 0.500. The highest BCUT2D eigenvalue weighted by atomic mass is 16.2. The van der Waals surface area contributed by atoms with Crippen LogP contribution in [0.2, 0.25) is 0 Å². The highest BCUT2D eigenvalue weighted by molar-refractivity contribution is 6.15. The molecule has 0 N–H and O–H groups in total. The predicted molar refractivity (Wildman–Crippen MR) is 77.4 cm³/mol. The zero-order valence-electron chi connectivity index (χ0n) is 11.6. The average molecular weight is 256 g/mol. The first kappa shape index (κ1) is 12.4. The van der Waals surface area contributed by atoms with Crippen LogP contribution in [0.15, 0.2) is 23.3 Å². The summed E-state index contributed by atoms with van der Waals surface area (Å²) in [5.74, 6) is 0.215. The number of amides is 1. The minimum Gasteiger partial charge on any atom is -0.272 e. The van der Waals surface area contributed by atoms with Crippen LogP contribution < -0.4 is 5.01 Å². The Morgan fingerprint density at radius 1 is 1.21 bits per heavy atom. The van der Waals surface area contributed by atoms with E-state index in [4.69, 9.17) is 0 Å². The monoisotopic (exact) mass is 256 g/mol. The van der Waals surface area contributed by atoms with Crippen molar-refractivity contribution in [3.05, 3.63) is 29.3 Å². The van der Waals surface area contributed by atoms with Crippen LogP contribution in [-0.2, 0) is 4.79 Å². The number of aryl methyl sites for hydroxylation is 2. The molecule has 19 heavy (non-hydrogen) atoms. The minimum absolute atomic E-state index is 0.0446. The van der Waals surface area contributed by atoms with Gasteiger partial charge in [-0.3, -0.25) is 4.79 Å². The van der Waals surface area contributed by atoms with Gasteiger partial charge < -0.3 is 0 Å². The lowest BCUT2D eigenvalue weighted by molar-refractivity contribution is -0.119. The van der Waals surface area contributed by atoms with Gasteiger partial charge >= 0.3 is 0 Å².